The molecule has 0 fully saturated rings. The molecule has 6 heteroatoms. The molecule has 4 rings (SSSR count). The Labute approximate surface area is 186 Å². The number of amides is 1. The third-order valence-corrected chi connectivity index (χ3v) is 5.59. The molecule has 1 amide bonds. The van der Waals surface area contributed by atoms with Crippen LogP contribution in [-0.2, 0) is 11.3 Å². The number of benzene rings is 2. The van der Waals surface area contributed by atoms with Gasteiger partial charge in [-0.25, -0.2) is 0 Å². The van der Waals surface area contributed by atoms with Crippen molar-refractivity contribution < 1.29 is 23.8 Å². The van der Waals surface area contributed by atoms with Gasteiger partial charge in [-0.05, 0) is 82.8 Å². The summed E-state index contributed by atoms with van der Waals surface area (Å²) in [6, 6.07) is 14.7. The number of allylic oxidation sites excluding steroid dienone is 2. The number of aromatic hydroxyl groups is 1. The Bertz CT molecular complexity index is 1200. The van der Waals surface area contributed by atoms with Crippen LogP contribution in [0.4, 0.5) is 0 Å². The molecule has 1 heterocycles. The maximum Gasteiger partial charge on any atom is 0.224 e. The van der Waals surface area contributed by atoms with Crippen molar-refractivity contribution in [3.63, 3.8) is 0 Å². The first-order valence-electron chi connectivity index (χ1n) is 10.3. The first-order chi connectivity index (χ1) is 15.5. The van der Waals surface area contributed by atoms with Crippen molar-refractivity contribution in [3.8, 4) is 17.2 Å². The lowest BCUT2D eigenvalue weighted by Gasteiger charge is -2.09. The zero-order valence-corrected chi connectivity index (χ0v) is 18.3. The van der Waals surface area contributed by atoms with Crippen molar-refractivity contribution in [1.82, 2.24) is 5.32 Å². The molecule has 1 aliphatic carbocycles. The summed E-state index contributed by atoms with van der Waals surface area (Å²) < 4.78 is 16.0. The van der Waals surface area contributed by atoms with Gasteiger partial charge in [-0.1, -0.05) is 12.1 Å². The second-order valence-electron chi connectivity index (χ2n) is 7.54. The van der Waals surface area contributed by atoms with Crippen LogP contribution >= 0.6 is 0 Å². The first kappa shape index (κ1) is 21.3. The highest BCUT2D eigenvalue weighted by atomic mass is 16.5. The van der Waals surface area contributed by atoms with Gasteiger partial charge in [-0.2, -0.15) is 0 Å². The van der Waals surface area contributed by atoms with E-state index < -0.39 is 0 Å². The highest BCUT2D eigenvalue weighted by molar-refractivity contribution is 6.08. The summed E-state index contributed by atoms with van der Waals surface area (Å²) in [5.74, 6) is 1.85. The van der Waals surface area contributed by atoms with Crippen LogP contribution in [0.15, 0.2) is 64.8 Å². The zero-order chi connectivity index (χ0) is 22.7. The summed E-state index contributed by atoms with van der Waals surface area (Å²) in [4.78, 5) is 12.7. The van der Waals surface area contributed by atoms with Gasteiger partial charge in [-0.15, -0.1) is 0 Å². The molecule has 1 aliphatic rings. The van der Waals surface area contributed by atoms with E-state index in [1.165, 1.54) is 7.11 Å². The molecule has 164 valence electrons. The molecule has 0 atom stereocenters. The van der Waals surface area contributed by atoms with E-state index in [4.69, 9.17) is 13.9 Å². The van der Waals surface area contributed by atoms with Gasteiger partial charge >= 0.3 is 0 Å². The molecule has 6 nitrogen and oxygen atoms in total. The van der Waals surface area contributed by atoms with Crippen molar-refractivity contribution >= 4 is 23.1 Å². The number of carbonyl (C=O) groups is 1. The average molecular weight is 431 g/mol. The predicted molar refractivity (Wildman–Crippen MR) is 123 cm³/mol. The topological polar surface area (TPSA) is 80.9 Å². The van der Waals surface area contributed by atoms with Crippen LogP contribution in [0.3, 0.4) is 0 Å². The molecular formula is C26H25NO5. The molecule has 0 aliphatic heterocycles. The number of fused-ring (bicyclic) bond motifs is 1. The fourth-order valence-electron chi connectivity index (χ4n) is 3.89. The van der Waals surface area contributed by atoms with Gasteiger partial charge in [0.1, 0.15) is 11.5 Å². The summed E-state index contributed by atoms with van der Waals surface area (Å²) in [6.45, 7) is 2.37. The third-order valence-electron chi connectivity index (χ3n) is 5.59. The van der Waals surface area contributed by atoms with Gasteiger partial charge in [0.2, 0.25) is 5.91 Å². The molecule has 0 saturated carbocycles. The number of phenolic OH excluding ortho intramolecular Hbond substituents is 1. The van der Waals surface area contributed by atoms with Gasteiger partial charge in [0.05, 0.1) is 33.4 Å². The Morgan fingerprint density at radius 1 is 1.09 bits per heavy atom. The van der Waals surface area contributed by atoms with E-state index in [1.807, 2.05) is 43.3 Å². The number of methoxy groups -OCH3 is 2. The maximum absolute atomic E-state index is 12.7. The third kappa shape index (κ3) is 4.25. The minimum atomic E-state index is -0.0860. The molecule has 3 aromatic rings. The van der Waals surface area contributed by atoms with Gasteiger partial charge in [0.25, 0.3) is 0 Å². The van der Waals surface area contributed by atoms with Crippen LogP contribution in [0, 0.1) is 0 Å². The molecule has 2 N–H and O–H groups in total. The number of carbonyl (C=O) groups excluding carboxylic acids is 1. The van der Waals surface area contributed by atoms with Crippen molar-refractivity contribution in [2.45, 2.75) is 19.9 Å². The molecular weight excluding hydrogens is 406 g/mol. The quantitative estimate of drug-likeness (QED) is 0.548. The molecule has 0 spiro atoms. The summed E-state index contributed by atoms with van der Waals surface area (Å²) in [5.41, 5.74) is 5.89. The molecule has 32 heavy (non-hydrogen) atoms. The number of phenols is 1. The minimum absolute atomic E-state index is 0.0860. The zero-order valence-electron chi connectivity index (χ0n) is 18.3. The molecule has 0 bridgehead atoms. The van der Waals surface area contributed by atoms with Gasteiger partial charge in [-0.3, -0.25) is 4.79 Å². The van der Waals surface area contributed by atoms with E-state index in [1.54, 1.807) is 31.6 Å². The second kappa shape index (κ2) is 9.06. The highest BCUT2D eigenvalue weighted by Crippen LogP contribution is 2.45. The molecule has 0 unspecified atom stereocenters. The van der Waals surface area contributed by atoms with Crippen LogP contribution in [0.5, 0.6) is 17.2 Å². The fraction of sp³-hybridized carbons (Fsp3) is 0.192. The maximum atomic E-state index is 12.7. The number of hydrogen-bond acceptors (Lipinski definition) is 5. The summed E-state index contributed by atoms with van der Waals surface area (Å²) in [7, 11) is 3.15. The molecule has 0 saturated heterocycles. The molecule has 2 aromatic carbocycles. The second-order valence-corrected chi connectivity index (χ2v) is 7.54. The smallest absolute Gasteiger partial charge is 0.224 e. The monoisotopic (exact) mass is 431 g/mol. The number of hydrogen-bond donors (Lipinski definition) is 2. The van der Waals surface area contributed by atoms with Gasteiger partial charge in [0, 0.05) is 0 Å². The van der Waals surface area contributed by atoms with Crippen molar-refractivity contribution in [2.75, 3.05) is 14.2 Å². The van der Waals surface area contributed by atoms with Crippen LogP contribution < -0.4 is 14.8 Å². The van der Waals surface area contributed by atoms with Gasteiger partial charge < -0.3 is 24.3 Å². The molecule has 0 radical (unpaired) electrons. The highest BCUT2D eigenvalue weighted by Gasteiger charge is 2.26. The normalized spacial score (nSPS) is 13.9. The number of furan rings is 1. The SMILES string of the molecule is COc1ccc2c(c1)C(CC(=O)NCc1ccco1)=C(C)C2=Cc1ccc(O)c(OC)c1. The van der Waals surface area contributed by atoms with Crippen molar-refractivity contribution in [3.05, 3.63) is 82.8 Å². The van der Waals surface area contributed by atoms with Crippen molar-refractivity contribution in [1.29, 1.82) is 0 Å². The lowest BCUT2D eigenvalue weighted by Crippen LogP contribution is -2.22. The number of ether oxygens (including phenoxy) is 2. The first-order valence-corrected chi connectivity index (χ1v) is 10.3. The lowest BCUT2D eigenvalue weighted by molar-refractivity contribution is -0.120. The van der Waals surface area contributed by atoms with Crippen LogP contribution in [0.2, 0.25) is 0 Å². The van der Waals surface area contributed by atoms with E-state index in [0.29, 0.717) is 18.1 Å². The Morgan fingerprint density at radius 2 is 1.94 bits per heavy atom. The van der Waals surface area contributed by atoms with Crippen LogP contribution in [0.1, 0.15) is 35.8 Å². The van der Waals surface area contributed by atoms with E-state index in [0.717, 1.165) is 39.2 Å². The summed E-state index contributed by atoms with van der Waals surface area (Å²) in [5, 5.41) is 12.8. The van der Waals surface area contributed by atoms with Gasteiger partial charge in [0.15, 0.2) is 11.5 Å². The predicted octanol–water partition coefficient (Wildman–Crippen LogP) is 5.04. The van der Waals surface area contributed by atoms with E-state index in [9.17, 15) is 9.90 Å². The van der Waals surface area contributed by atoms with Crippen LogP contribution in [-0.4, -0.2) is 25.2 Å². The minimum Gasteiger partial charge on any atom is -0.504 e. The number of rotatable bonds is 7. The van der Waals surface area contributed by atoms with E-state index >= 15 is 0 Å². The van der Waals surface area contributed by atoms with Crippen LogP contribution in [0.25, 0.3) is 17.2 Å². The Balaban J connectivity index is 1.68. The summed E-state index contributed by atoms with van der Waals surface area (Å²) in [6.07, 6.45) is 3.86. The lowest BCUT2D eigenvalue weighted by atomic mass is 10.00. The van der Waals surface area contributed by atoms with E-state index in [2.05, 4.69) is 5.32 Å². The Morgan fingerprint density at radius 3 is 2.66 bits per heavy atom. The Kier molecular flexibility index (Phi) is 6.03. The number of nitrogens with one attached hydrogen (secondary N) is 1. The fourth-order valence-corrected chi connectivity index (χ4v) is 3.89. The summed E-state index contributed by atoms with van der Waals surface area (Å²) >= 11 is 0. The average Bonchev–Trinajstić information content (AvgIpc) is 3.41. The largest absolute Gasteiger partial charge is 0.504 e. The Hall–Kier alpha value is -3.93. The van der Waals surface area contributed by atoms with Crippen molar-refractivity contribution in [2.24, 2.45) is 0 Å². The molecule has 1 aromatic heterocycles. The van der Waals surface area contributed by atoms with E-state index in [-0.39, 0.29) is 18.1 Å². The standard InChI is InChI=1S/C26H25NO5/c1-16-21(11-17-6-9-24(28)25(12-17)31-3)20-8-7-18(30-2)13-23(20)22(16)14-26(29)27-15-19-5-4-10-32-19/h4-13,28H,14-15H2,1-3H3,(H,27,29).